The smallest absolute Gasteiger partial charge is 0.302 e. The molecule has 0 radical (unpaired) electrons. The molecule has 0 amide bonds. The normalized spacial score (nSPS) is 9.88. The maximum atomic E-state index is 10.5. The molecule has 0 aliphatic carbocycles. The van der Waals surface area contributed by atoms with Gasteiger partial charge < -0.3 is 9.47 Å². The number of hydrogen-bond donors (Lipinski definition) is 0. The van der Waals surface area contributed by atoms with Gasteiger partial charge in [0.05, 0.1) is 13.2 Å². The van der Waals surface area contributed by atoms with Crippen molar-refractivity contribution >= 4 is 5.97 Å². The summed E-state index contributed by atoms with van der Waals surface area (Å²) in [6, 6.07) is 7.96. The summed E-state index contributed by atoms with van der Waals surface area (Å²) < 4.78 is 10.4. The van der Waals surface area contributed by atoms with E-state index >= 15 is 0 Å². The maximum Gasteiger partial charge on any atom is 0.302 e. The van der Waals surface area contributed by atoms with Crippen molar-refractivity contribution in [3.8, 4) is 5.75 Å². The van der Waals surface area contributed by atoms with E-state index in [0.717, 1.165) is 18.6 Å². The van der Waals surface area contributed by atoms with Crippen LogP contribution in [0.5, 0.6) is 5.75 Å². The van der Waals surface area contributed by atoms with Gasteiger partial charge in [0.2, 0.25) is 0 Å². The number of carbonyl (C=O) groups excluding carboxylic acids is 1. The fourth-order valence-electron chi connectivity index (χ4n) is 1.32. The lowest BCUT2D eigenvalue weighted by Crippen LogP contribution is -2.03. The maximum absolute atomic E-state index is 10.5. The first kappa shape index (κ1) is 12.6. The van der Waals surface area contributed by atoms with E-state index in [1.165, 1.54) is 12.5 Å². The Morgan fingerprint density at radius 3 is 2.69 bits per heavy atom. The van der Waals surface area contributed by atoms with Crippen LogP contribution in [0.1, 0.15) is 25.3 Å². The van der Waals surface area contributed by atoms with Crippen LogP contribution in [0.4, 0.5) is 0 Å². The third kappa shape index (κ3) is 5.39. The Kier molecular flexibility index (Phi) is 5.40. The predicted octanol–water partition coefficient (Wildman–Crippen LogP) is 2.72. The quantitative estimate of drug-likeness (QED) is 0.548. The van der Waals surface area contributed by atoms with Gasteiger partial charge in [-0.25, -0.2) is 0 Å². The van der Waals surface area contributed by atoms with Crippen molar-refractivity contribution in [2.24, 2.45) is 0 Å². The van der Waals surface area contributed by atoms with Crippen LogP contribution in [0.15, 0.2) is 24.3 Å². The van der Waals surface area contributed by atoms with E-state index in [-0.39, 0.29) is 5.97 Å². The summed E-state index contributed by atoms with van der Waals surface area (Å²) in [5.41, 5.74) is 1.19. The van der Waals surface area contributed by atoms with Crippen LogP contribution in [-0.4, -0.2) is 19.2 Å². The standard InChI is InChI=1S/C13H18O3/c1-11-6-5-7-13(10-11)16-9-4-3-8-15-12(2)14/h5-7,10H,3-4,8-9H2,1-2H3. The molecule has 0 bridgehead atoms. The second kappa shape index (κ2) is 6.88. The van der Waals surface area contributed by atoms with Gasteiger partial charge in [0, 0.05) is 6.92 Å². The van der Waals surface area contributed by atoms with Gasteiger partial charge in [0.25, 0.3) is 0 Å². The zero-order valence-corrected chi connectivity index (χ0v) is 9.86. The molecule has 0 aromatic heterocycles. The van der Waals surface area contributed by atoms with Gasteiger partial charge >= 0.3 is 5.97 Å². The largest absolute Gasteiger partial charge is 0.494 e. The van der Waals surface area contributed by atoms with E-state index in [1.807, 2.05) is 31.2 Å². The summed E-state index contributed by atoms with van der Waals surface area (Å²) in [7, 11) is 0. The van der Waals surface area contributed by atoms with Crippen molar-refractivity contribution in [1.82, 2.24) is 0 Å². The molecule has 0 fully saturated rings. The molecule has 3 heteroatoms. The van der Waals surface area contributed by atoms with Crippen molar-refractivity contribution in [3.63, 3.8) is 0 Å². The molecule has 1 aromatic carbocycles. The Morgan fingerprint density at radius 1 is 1.25 bits per heavy atom. The van der Waals surface area contributed by atoms with Gasteiger partial charge in [-0.2, -0.15) is 0 Å². The van der Waals surface area contributed by atoms with E-state index < -0.39 is 0 Å². The van der Waals surface area contributed by atoms with Gasteiger partial charge in [0.1, 0.15) is 5.75 Å². The summed E-state index contributed by atoms with van der Waals surface area (Å²) in [4.78, 5) is 10.5. The third-order valence-electron chi connectivity index (χ3n) is 2.10. The Bertz CT molecular complexity index is 334. The highest BCUT2D eigenvalue weighted by molar-refractivity contribution is 5.65. The van der Waals surface area contributed by atoms with Crippen LogP contribution < -0.4 is 4.74 Å². The number of esters is 1. The van der Waals surface area contributed by atoms with Crippen molar-refractivity contribution < 1.29 is 14.3 Å². The number of benzene rings is 1. The molecule has 0 saturated carbocycles. The molecule has 1 aromatic rings. The van der Waals surface area contributed by atoms with E-state index in [0.29, 0.717) is 13.2 Å². The van der Waals surface area contributed by atoms with Crippen molar-refractivity contribution in [2.45, 2.75) is 26.7 Å². The summed E-state index contributed by atoms with van der Waals surface area (Å²) >= 11 is 0. The average Bonchev–Trinajstić information content (AvgIpc) is 2.23. The molecule has 0 unspecified atom stereocenters. The third-order valence-corrected chi connectivity index (χ3v) is 2.10. The molecule has 0 atom stereocenters. The number of aryl methyl sites for hydroxylation is 1. The fourth-order valence-corrected chi connectivity index (χ4v) is 1.32. The van der Waals surface area contributed by atoms with Crippen LogP contribution in [0.2, 0.25) is 0 Å². The minimum Gasteiger partial charge on any atom is -0.494 e. The van der Waals surface area contributed by atoms with Gasteiger partial charge in [-0.3, -0.25) is 4.79 Å². The van der Waals surface area contributed by atoms with Crippen LogP contribution in [-0.2, 0) is 9.53 Å². The predicted molar refractivity (Wildman–Crippen MR) is 62.5 cm³/mol. The highest BCUT2D eigenvalue weighted by atomic mass is 16.5. The van der Waals surface area contributed by atoms with Gasteiger partial charge in [-0.1, -0.05) is 12.1 Å². The molecule has 16 heavy (non-hydrogen) atoms. The second-order valence-corrected chi connectivity index (χ2v) is 3.71. The number of carbonyl (C=O) groups is 1. The minimum atomic E-state index is -0.223. The number of ether oxygens (including phenoxy) is 2. The molecule has 0 N–H and O–H groups in total. The lowest BCUT2D eigenvalue weighted by molar-refractivity contribution is -0.141. The number of hydrogen-bond acceptors (Lipinski definition) is 3. The van der Waals surface area contributed by atoms with Gasteiger partial charge in [-0.05, 0) is 37.5 Å². The zero-order chi connectivity index (χ0) is 11.8. The molecular formula is C13H18O3. The van der Waals surface area contributed by atoms with E-state index in [1.54, 1.807) is 0 Å². The summed E-state index contributed by atoms with van der Waals surface area (Å²) in [5, 5.41) is 0. The summed E-state index contributed by atoms with van der Waals surface area (Å²) in [6.07, 6.45) is 1.73. The first-order valence-electron chi connectivity index (χ1n) is 5.51. The second-order valence-electron chi connectivity index (χ2n) is 3.71. The van der Waals surface area contributed by atoms with Gasteiger partial charge in [-0.15, -0.1) is 0 Å². The Balaban J connectivity index is 2.09. The lowest BCUT2D eigenvalue weighted by atomic mass is 10.2. The molecule has 0 heterocycles. The number of rotatable bonds is 6. The van der Waals surface area contributed by atoms with Gasteiger partial charge in [0.15, 0.2) is 0 Å². The average molecular weight is 222 g/mol. The summed E-state index contributed by atoms with van der Waals surface area (Å²) in [5.74, 6) is 0.673. The molecule has 88 valence electrons. The highest BCUT2D eigenvalue weighted by Gasteiger charge is 1.95. The van der Waals surface area contributed by atoms with Crippen molar-refractivity contribution in [2.75, 3.05) is 13.2 Å². The van der Waals surface area contributed by atoms with Crippen molar-refractivity contribution in [3.05, 3.63) is 29.8 Å². The monoisotopic (exact) mass is 222 g/mol. The van der Waals surface area contributed by atoms with E-state index in [4.69, 9.17) is 9.47 Å². The molecule has 0 aliphatic heterocycles. The molecule has 3 nitrogen and oxygen atoms in total. The summed E-state index contributed by atoms with van der Waals surface area (Å²) in [6.45, 7) is 4.59. The molecule has 1 rings (SSSR count). The lowest BCUT2D eigenvalue weighted by Gasteiger charge is -2.06. The molecule has 0 aliphatic rings. The first-order chi connectivity index (χ1) is 7.68. The Hall–Kier alpha value is -1.51. The van der Waals surface area contributed by atoms with Crippen LogP contribution in [0.3, 0.4) is 0 Å². The van der Waals surface area contributed by atoms with Crippen molar-refractivity contribution in [1.29, 1.82) is 0 Å². The Labute approximate surface area is 96.4 Å². The fraction of sp³-hybridized carbons (Fsp3) is 0.462. The van der Waals surface area contributed by atoms with E-state index in [9.17, 15) is 4.79 Å². The minimum absolute atomic E-state index is 0.223. The highest BCUT2D eigenvalue weighted by Crippen LogP contribution is 2.12. The SMILES string of the molecule is CC(=O)OCCCCOc1cccc(C)c1. The molecule has 0 saturated heterocycles. The van der Waals surface area contributed by atoms with Crippen LogP contribution in [0.25, 0.3) is 0 Å². The number of unbranched alkanes of at least 4 members (excludes halogenated alkanes) is 1. The van der Waals surface area contributed by atoms with E-state index in [2.05, 4.69) is 0 Å². The topological polar surface area (TPSA) is 35.5 Å². The first-order valence-corrected chi connectivity index (χ1v) is 5.51. The van der Waals surface area contributed by atoms with Crippen LogP contribution >= 0.6 is 0 Å². The molecular weight excluding hydrogens is 204 g/mol. The Morgan fingerprint density at radius 2 is 2.00 bits per heavy atom. The molecule has 0 spiro atoms. The zero-order valence-electron chi connectivity index (χ0n) is 9.86. The van der Waals surface area contributed by atoms with Crippen LogP contribution in [0, 0.1) is 6.92 Å².